The summed E-state index contributed by atoms with van der Waals surface area (Å²) in [6.45, 7) is 2.23. The van der Waals surface area contributed by atoms with Crippen LogP contribution in [-0.4, -0.2) is 9.98 Å². The molecule has 0 amide bonds. The fraction of sp³-hybridized carbons (Fsp3) is 1.00. The summed E-state index contributed by atoms with van der Waals surface area (Å²) in [6.07, 6.45) is 5.47. The van der Waals surface area contributed by atoms with E-state index in [9.17, 15) is 0 Å². The van der Waals surface area contributed by atoms with Crippen molar-refractivity contribution in [3.8, 4) is 0 Å². The van der Waals surface area contributed by atoms with E-state index in [-0.39, 0.29) is 0 Å². The summed E-state index contributed by atoms with van der Waals surface area (Å²) in [5.41, 5.74) is 0. The van der Waals surface area contributed by atoms with Gasteiger partial charge in [0.1, 0.15) is 0 Å². The molecule has 0 aromatic heterocycles. The number of unbranched alkanes of at least 4 members (excludes halogenated alkanes) is 3. The Hall–Kier alpha value is 2.14. The topological polar surface area (TPSA) is 0 Å². The second kappa shape index (κ2) is 14.6. The zero-order valence-corrected chi connectivity index (χ0v) is 13.9. The molecule has 0 spiro atoms. The van der Waals surface area contributed by atoms with E-state index in [0.717, 1.165) is 0 Å². The van der Waals surface area contributed by atoms with Crippen molar-refractivity contribution in [3.05, 3.63) is 0 Å². The maximum atomic E-state index is 3.38. The summed E-state index contributed by atoms with van der Waals surface area (Å²) in [5, 5.41) is 1.17. The second-order valence-corrected chi connectivity index (χ2v) is 19.9. The van der Waals surface area contributed by atoms with Crippen molar-refractivity contribution in [1.82, 2.24) is 0 Å². The lowest BCUT2D eigenvalue weighted by Crippen LogP contribution is -1.73. The Morgan fingerprint density at radius 2 is 1.45 bits per heavy atom. The van der Waals surface area contributed by atoms with Crippen LogP contribution in [0.1, 0.15) is 32.6 Å². The van der Waals surface area contributed by atoms with Gasteiger partial charge in [0.15, 0.2) is 0 Å². The summed E-state index contributed by atoms with van der Waals surface area (Å²) < 4.78 is -0.442. The van der Waals surface area contributed by atoms with Crippen LogP contribution in [0.25, 0.3) is 0 Å². The molecule has 0 unspecified atom stereocenters. The van der Waals surface area contributed by atoms with Crippen LogP contribution >= 0.6 is 61.8 Å². The third-order valence-corrected chi connectivity index (χ3v) is 1.55. The van der Waals surface area contributed by atoms with E-state index in [4.69, 9.17) is 0 Å². The first kappa shape index (κ1) is 15.6. The molecule has 0 fully saturated rings. The molecular weight excluding hydrogens is 420 g/mol. The lowest BCUT2D eigenvalue weighted by atomic mass is 10.2. The quantitative estimate of drug-likeness (QED) is 0.250. The molecule has 0 heterocycles. The molecule has 0 saturated heterocycles. The van der Waals surface area contributed by atoms with Gasteiger partial charge < -0.3 is 0 Å². The Balaban J connectivity index is 0. The maximum Gasteiger partial charge on any atom is 0.290 e. The van der Waals surface area contributed by atoms with E-state index in [1.165, 1.54) is 31.0 Å². The van der Waals surface area contributed by atoms with Crippen LogP contribution < -0.4 is 0 Å². The van der Waals surface area contributed by atoms with Gasteiger partial charge in [-0.25, -0.2) is 0 Å². The van der Waals surface area contributed by atoms with Crippen LogP contribution in [0.3, 0.4) is 0 Å². The van der Waals surface area contributed by atoms with Crippen molar-refractivity contribution in [2.24, 2.45) is 0 Å². The van der Waals surface area contributed by atoms with Gasteiger partial charge in [-0.3, -0.25) is 0 Å². The third kappa shape index (κ3) is 33.1. The summed E-state index contributed by atoms with van der Waals surface area (Å²) in [4.78, 5) is 0. The molecule has 0 aromatic rings. The fourth-order valence-electron chi connectivity index (χ4n) is 0.521. The van der Waals surface area contributed by atoms with Crippen LogP contribution in [0.15, 0.2) is 0 Å². The minimum atomic E-state index is -0.442. The number of halogens is 4. The summed E-state index contributed by atoms with van der Waals surface area (Å²) in [5.74, 6) is 0. The van der Waals surface area contributed by atoms with Gasteiger partial charge in [-0.05, 0) is 6.42 Å². The largest absolute Gasteiger partial charge is 0.290 e. The molecule has 0 aliphatic carbocycles. The Morgan fingerprint density at radius 1 is 1.00 bits per heavy atom. The van der Waals surface area contributed by atoms with Gasteiger partial charge in [-0.1, -0.05) is 88.0 Å². The van der Waals surface area contributed by atoms with Crippen LogP contribution in [0, 0.1) is 0 Å². The molecule has 0 N–H and O–H groups in total. The van der Waals surface area contributed by atoms with Crippen LogP contribution in [0.2, 0.25) is 0 Å². The fourth-order valence-corrected chi connectivity index (χ4v) is 0.918. The highest BCUT2D eigenvalue weighted by molar-refractivity contribution is 9.69. The molecule has 0 atom stereocenters. The first-order valence-electron chi connectivity index (χ1n) is 3.54. The van der Waals surface area contributed by atoms with Gasteiger partial charge in [0.05, 0.1) is 0 Å². The van der Waals surface area contributed by atoms with Gasteiger partial charge in [0, 0.05) is 5.33 Å². The normalized spacial score (nSPS) is 9.27. The molecule has 11 heavy (non-hydrogen) atoms. The summed E-state index contributed by atoms with van der Waals surface area (Å²) in [6, 6.07) is 0. The van der Waals surface area contributed by atoms with Crippen molar-refractivity contribution >= 4 is 66.5 Å². The highest BCUT2D eigenvalue weighted by atomic mass is 80.0. The van der Waals surface area contributed by atoms with Crippen molar-refractivity contribution in [1.29, 1.82) is 0 Å². The van der Waals surface area contributed by atoms with E-state index in [0.29, 0.717) is 0 Å². The van der Waals surface area contributed by atoms with Crippen LogP contribution in [0.5, 0.6) is 0 Å². The van der Waals surface area contributed by atoms with Gasteiger partial charge in [-0.15, -0.1) is 0 Å². The van der Waals surface area contributed by atoms with E-state index in [1.807, 2.05) is 0 Å². The third-order valence-electron chi connectivity index (χ3n) is 0.987. The Morgan fingerprint density at radius 3 is 1.73 bits per heavy atom. The molecule has 0 aliphatic rings. The smallest absolute Gasteiger partial charge is 0.0967 e. The van der Waals surface area contributed by atoms with Gasteiger partial charge in [-0.2, -0.15) is 0 Å². The van der Waals surface area contributed by atoms with Crippen LogP contribution in [0.4, 0.5) is 0 Å². The average molecular weight is 433 g/mol. The number of hydrogen-bond donors (Lipinski definition) is 0. The molecule has 0 aliphatic heterocycles. The lowest BCUT2D eigenvalue weighted by Gasteiger charge is -1.89. The average Bonchev–Trinajstić information content (AvgIpc) is 1.88. The summed E-state index contributed by atoms with van der Waals surface area (Å²) >= 11 is 13.0. The van der Waals surface area contributed by atoms with Crippen molar-refractivity contribution < 1.29 is 0 Å². The van der Waals surface area contributed by atoms with E-state index in [1.54, 1.807) is 0 Å². The first-order valence-corrected chi connectivity index (χ1v) is 12.9. The van der Waals surface area contributed by atoms with Gasteiger partial charge in [0.25, 0.3) is 4.65 Å². The standard InChI is InChI=1S/C6H13Br.Br3Si/c1-2-3-4-5-6-7;1-4(2)3/h2-6H2,1H3;. The zero-order chi connectivity index (χ0) is 9.11. The highest BCUT2D eigenvalue weighted by Gasteiger charge is 1.84. The van der Waals surface area contributed by atoms with Crippen molar-refractivity contribution in [2.75, 3.05) is 5.33 Å². The minimum Gasteiger partial charge on any atom is -0.0967 e. The Kier molecular flexibility index (Phi) is 20.8. The molecule has 0 bridgehead atoms. The SMILES string of the molecule is Br[Si](Br)Br.CCCCCCBr. The van der Waals surface area contributed by atoms with Crippen molar-refractivity contribution in [2.45, 2.75) is 32.6 Å². The molecular formula is C6H13Br4Si. The zero-order valence-electron chi connectivity index (χ0n) is 6.55. The molecule has 1 radical (unpaired) electrons. The number of rotatable bonds is 4. The summed E-state index contributed by atoms with van der Waals surface area (Å²) in [7, 11) is 0. The molecule has 5 heteroatoms. The van der Waals surface area contributed by atoms with Gasteiger partial charge in [0.2, 0.25) is 0 Å². The molecule has 69 valence electrons. The highest BCUT2D eigenvalue weighted by Crippen LogP contribution is 2.07. The number of hydrogen-bond acceptors (Lipinski definition) is 0. The molecule has 0 rings (SSSR count). The second-order valence-electron chi connectivity index (χ2n) is 1.96. The van der Waals surface area contributed by atoms with Crippen molar-refractivity contribution in [3.63, 3.8) is 0 Å². The molecule has 0 saturated carbocycles. The maximum absolute atomic E-state index is 3.38. The monoisotopic (exact) mass is 429 g/mol. The number of alkyl halides is 1. The first-order chi connectivity index (χ1) is 5.15. The predicted octanol–water partition coefficient (Wildman–Crippen LogP) is 5.12. The van der Waals surface area contributed by atoms with E-state index >= 15 is 0 Å². The Labute approximate surface area is 103 Å². The minimum absolute atomic E-state index is 0.442. The van der Waals surface area contributed by atoms with E-state index in [2.05, 4.69) is 68.7 Å². The molecule has 0 aromatic carbocycles. The van der Waals surface area contributed by atoms with Crippen LogP contribution in [-0.2, 0) is 0 Å². The lowest BCUT2D eigenvalue weighted by molar-refractivity contribution is 0.708. The van der Waals surface area contributed by atoms with E-state index < -0.39 is 4.65 Å². The Bertz CT molecular complexity index is 53.8. The van der Waals surface area contributed by atoms with Gasteiger partial charge >= 0.3 is 0 Å². The predicted molar refractivity (Wildman–Crippen MR) is 70.5 cm³/mol. The molecule has 0 nitrogen and oxygen atoms in total.